The van der Waals surface area contributed by atoms with Crippen LogP contribution in [-0.2, 0) is 44.1 Å². The van der Waals surface area contributed by atoms with Gasteiger partial charge in [-0.3, -0.25) is 14.4 Å². The number of hydrogen-bond acceptors (Lipinski definition) is 6. The summed E-state index contributed by atoms with van der Waals surface area (Å²) in [5.41, 5.74) is 6.31. The number of amides is 3. The fourth-order valence-corrected chi connectivity index (χ4v) is 12.0. The average Bonchev–Trinajstić information content (AvgIpc) is 3.79. The summed E-state index contributed by atoms with van der Waals surface area (Å²) in [6, 6.07) is 21.0. The number of aromatic nitrogens is 1. The lowest BCUT2D eigenvalue weighted by molar-refractivity contribution is -0.150. The SMILES string of the molecule is CC(C)=CCC/C(C)=C/CN1C(=O)[C@]2(O[C@H](CC(=O)N3Cc4ccccc4C[C@H]3CO)[C@@H]([Si](C)(C)O)[C@@H]2C)c2cc(NC(=O)Cc3c[nH]c4ccccc34)ccc21. The first-order chi connectivity index (χ1) is 27.2. The van der Waals surface area contributed by atoms with E-state index in [0.29, 0.717) is 36.4 Å². The summed E-state index contributed by atoms with van der Waals surface area (Å²) in [6.45, 7) is 12.4. The smallest absolute Gasteiger partial charge is 0.264 e. The van der Waals surface area contributed by atoms with Crippen molar-refractivity contribution in [3.8, 4) is 0 Å². The highest BCUT2D eigenvalue weighted by atomic mass is 28.4. The van der Waals surface area contributed by atoms with E-state index in [9.17, 15) is 19.5 Å². The lowest BCUT2D eigenvalue weighted by Crippen LogP contribution is -2.48. The Bertz CT molecular complexity index is 2230. The van der Waals surface area contributed by atoms with E-state index in [1.54, 1.807) is 9.80 Å². The summed E-state index contributed by atoms with van der Waals surface area (Å²) in [6.07, 6.45) is 7.84. The maximum Gasteiger partial charge on any atom is 0.264 e. The van der Waals surface area contributed by atoms with Crippen molar-refractivity contribution in [1.29, 1.82) is 0 Å². The van der Waals surface area contributed by atoms with Gasteiger partial charge in [0.25, 0.3) is 5.91 Å². The number of H-pyrrole nitrogens is 1. The molecule has 1 saturated heterocycles. The van der Waals surface area contributed by atoms with Gasteiger partial charge in [-0.15, -0.1) is 0 Å². The number of aliphatic hydroxyl groups excluding tert-OH is 1. The van der Waals surface area contributed by atoms with Crippen LogP contribution < -0.4 is 10.2 Å². The number of carbonyl (C=O) groups is 3. The Morgan fingerprint density at radius 3 is 2.51 bits per heavy atom. The normalized spacial score (nSPS) is 23.2. The van der Waals surface area contributed by atoms with Gasteiger partial charge in [0.2, 0.25) is 11.8 Å². The molecule has 10 nitrogen and oxygen atoms in total. The van der Waals surface area contributed by atoms with E-state index >= 15 is 4.79 Å². The Morgan fingerprint density at radius 1 is 1.04 bits per heavy atom. The molecule has 4 aromatic rings. The molecule has 0 saturated carbocycles. The molecule has 1 spiro atoms. The molecule has 0 unspecified atom stereocenters. The fourth-order valence-electron chi connectivity index (χ4n) is 9.46. The number of ether oxygens (including phenoxy) is 1. The molecular formula is C46H56N4O6Si. The molecule has 1 aromatic heterocycles. The largest absolute Gasteiger partial charge is 0.432 e. The quantitative estimate of drug-likeness (QED) is 0.0867. The molecule has 3 aromatic carbocycles. The van der Waals surface area contributed by atoms with Crippen molar-refractivity contribution in [2.24, 2.45) is 5.92 Å². The molecule has 4 N–H and O–H groups in total. The fraction of sp³-hybridized carbons (Fsp3) is 0.413. The first-order valence-corrected chi connectivity index (χ1v) is 23.2. The van der Waals surface area contributed by atoms with Crippen molar-refractivity contribution in [2.45, 2.75) is 103 Å². The number of benzene rings is 3. The molecule has 5 atom stereocenters. The number of hydrogen-bond donors (Lipinski definition) is 4. The number of allylic oxidation sites excluding steroid dienone is 3. The van der Waals surface area contributed by atoms with Crippen molar-refractivity contribution < 1.29 is 29.0 Å². The standard InChI is InChI=1S/C46H56N4O6Si/c1-29(2)12-11-13-30(3)20-21-49-40-19-18-35(48-42(52)23-34-26-47-39-17-10-9-16-37(34)39)24-38(40)46(45(49)54)31(4)44(57(5,6)55)41(56-46)25-43(53)50-27-33-15-8-7-14-32(33)22-36(50)28-51/h7-10,12,14-20,24,26,31,36,41,44,47,51,55H,11,13,21-23,25,27-28H2,1-6H3,(H,48,52)/b30-20+/t31-,36-,41+,44-,46+/m0/s1. The summed E-state index contributed by atoms with van der Waals surface area (Å²) in [5.74, 6) is -1.11. The van der Waals surface area contributed by atoms with E-state index < -0.39 is 31.5 Å². The minimum Gasteiger partial charge on any atom is -0.432 e. The maximum atomic E-state index is 15.1. The molecule has 7 rings (SSSR count). The molecule has 300 valence electrons. The van der Waals surface area contributed by atoms with Gasteiger partial charge >= 0.3 is 0 Å². The van der Waals surface area contributed by atoms with Crippen molar-refractivity contribution >= 4 is 48.3 Å². The summed E-state index contributed by atoms with van der Waals surface area (Å²) in [7, 11) is -3.08. The van der Waals surface area contributed by atoms with Crippen LogP contribution in [0.4, 0.5) is 11.4 Å². The van der Waals surface area contributed by atoms with Crippen LogP contribution >= 0.6 is 0 Å². The molecule has 1 fully saturated rings. The Morgan fingerprint density at radius 2 is 1.77 bits per heavy atom. The van der Waals surface area contributed by atoms with Crippen LogP contribution in [0, 0.1) is 5.92 Å². The van der Waals surface area contributed by atoms with Gasteiger partial charge in [0, 0.05) is 52.9 Å². The molecule has 4 heterocycles. The number of rotatable bonds is 12. The molecule has 3 amide bonds. The van der Waals surface area contributed by atoms with Crippen LogP contribution in [0.3, 0.4) is 0 Å². The van der Waals surface area contributed by atoms with E-state index in [0.717, 1.165) is 46.0 Å². The number of carbonyl (C=O) groups excluding carboxylic acids is 3. The molecular weight excluding hydrogens is 733 g/mol. The minimum absolute atomic E-state index is 0.0422. The van der Waals surface area contributed by atoms with Crippen molar-refractivity contribution in [3.63, 3.8) is 0 Å². The van der Waals surface area contributed by atoms with Gasteiger partial charge in [0.1, 0.15) is 0 Å². The van der Waals surface area contributed by atoms with Crippen molar-refractivity contribution in [2.75, 3.05) is 23.4 Å². The predicted molar refractivity (Wildman–Crippen MR) is 227 cm³/mol. The number of nitrogens with zero attached hydrogens (tertiary/aromatic N) is 2. The number of aromatic amines is 1. The van der Waals surface area contributed by atoms with E-state index in [1.807, 2.05) is 92.9 Å². The monoisotopic (exact) mass is 788 g/mol. The van der Waals surface area contributed by atoms with Crippen LogP contribution in [0.5, 0.6) is 0 Å². The molecule has 0 bridgehead atoms. The first-order valence-electron chi connectivity index (χ1n) is 20.2. The van der Waals surface area contributed by atoms with E-state index in [2.05, 4.69) is 43.2 Å². The van der Waals surface area contributed by atoms with Gasteiger partial charge in [0.05, 0.1) is 37.3 Å². The summed E-state index contributed by atoms with van der Waals surface area (Å²) < 4.78 is 7.05. The van der Waals surface area contributed by atoms with Crippen LogP contribution in [0.2, 0.25) is 18.6 Å². The van der Waals surface area contributed by atoms with E-state index in [4.69, 9.17) is 4.74 Å². The Balaban J connectivity index is 1.22. The summed E-state index contributed by atoms with van der Waals surface area (Å²) in [4.78, 5) is 61.6. The zero-order valence-electron chi connectivity index (χ0n) is 34.0. The predicted octanol–water partition coefficient (Wildman–Crippen LogP) is 7.52. The molecule has 0 radical (unpaired) electrons. The average molecular weight is 789 g/mol. The second-order valence-electron chi connectivity index (χ2n) is 17.0. The second kappa shape index (κ2) is 16.2. The topological polar surface area (TPSA) is 135 Å². The summed E-state index contributed by atoms with van der Waals surface area (Å²) >= 11 is 0. The molecule has 11 heteroatoms. The zero-order valence-corrected chi connectivity index (χ0v) is 35.0. The lowest BCUT2D eigenvalue weighted by atomic mass is 9.82. The van der Waals surface area contributed by atoms with Crippen LogP contribution in [0.25, 0.3) is 10.9 Å². The zero-order chi connectivity index (χ0) is 40.6. The third-order valence-corrected chi connectivity index (χ3v) is 14.8. The van der Waals surface area contributed by atoms with Gasteiger partial charge in [-0.05, 0) is 94.1 Å². The van der Waals surface area contributed by atoms with E-state index in [-0.39, 0.29) is 43.2 Å². The van der Waals surface area contributed by atoms with Crippen LogP contribution in [-0.4, -0.2) is 71.1 Å². The molecule has 3 aliphatic rings. The molecule has 57 heavy (non-hydrogen) atoms. The minimum atomic E-state index is -3.08. The Labute approximate surface area is 336 Å². The van der Waals surface area contributed by atoms with Crippen LogP contribution in [0.15, 0.2) is 96.2 Å². The number of aliphatic hydroxyl groups is 1. The summed E-state index contributed by atoms with van der Waals surface area (Å²) in [5, 5.41) is 14.4. The van der Waals surface area contributed by atoms with Crippen molar-refractivity contribution in [3.05, 3.63) is 118 Å². The third kappa shape index (κ3) is 7.90. The number of para-hydroxylation sites is 1. The van der Waals surface area contributed by atoms with E-state index in [1.165, 1.54) is 5.57 Å². The highest BCUT2D eigenvalue weighted by molar-refractivity contribution is 6.71. The second-order valence-corrected chi connectivity index (χ2v) is 21.0. The molecule has 3 aliphatic heterocycles. The first kappa shape index (κ1) is 40.4. The highest BCUT2D eigenvalue weighted by Gasteiger charge is 2.66. The van der Waals surface area contributed by atoms with Gasteiger partial charge in [0.15, 0.2) is 13.9 Å². The third-order valence-electron chi connectivity index (χ3n) is 12.3. The number of nitrogens with one attached hydrogen (secondary N) is 2. The van der Waals surface area contributed by atoms with Crippen molar-refractivity contribution in [1.82, 2.24) is 9.88 Å². The highest BCUT2D eigenvalue weighted by Crippen LogP contribution is 2.60. The maximum absolute atomic E-state index is 15.1. The molecule has 0 aliphatic carbocycles. The lowest BCUT2D eigenvalue weighted by Gasteiger charge is -2.37. The van der Waals surface area contributed by atoms with Gasteiger partial charge in [-0.25, -0.2) is 0 Å². The van der Waals surface area contributed by atoms with Gasteiger partial charge in [-0.1, -0.05) is 72.7 Å². The number of anilines is 2. The van der Waals surface area contributed by atoms with Gasteiger partial charge in [-0.2, -0.15) is 0 Å². The Kier molecular flexibility index (Phi) is 11.5. The van der Waals surface area contributed by atoms with Crippen LogP contribution in [0.1, 0.15) is 69.2 Å². The Hall–Kier alpha value is -4.81. The number of fused-ring (bicyclic) bond motifs is 4. The van der Waals surface area contributed by atoms with Gasteiger partial charge < -0.3 is 34.7 Å².